The number of rotatable bonds is 4. The minimum absolute atomic E-state index is 0.147. The molecule has 1 aliphatic heterocycles. The maximum Gasteiger partial charge on any atom is 0.331 e. The standard InChI is InChI=1S/C14H23N3O5/c1-7(19)16-13-11(15)2-8(14(21)22)3-12(13)17-5-10(20)4-9(17)6-18/h3,9-13,18,20H,2,4-6,15H2,1H3,(H,16,19)(H,21,22)/t9-,10+,11-,12+,13+/m0/s1. The number of amides is 1. The zero-order valence-electron chi connectivity index (χ0n) is 12.5. The fraction of sp³-hybridized carbons (Fsp3) is 0.714. The molecule has 6 N–H and O–H groups in total. The Balaban J connectivity index is 2.33. The summed E-state index contributed by atoms with van der Waals surface area (Å²) in [5, 5.41) is 31.3. The van der Waals surface area contributed by atoms with Crippen LogP contribution in [0.3, 0.4) is 0 Å². The summed E-state index contributed by atoms with van der Waals surface area (Å²) in [4.78, 5) is 24.5. The molecular formula is C14H23N3O5. The van der Waals surface area contributed by atoms with Crippen LogP contribution in [-0.2, 0) is 9.59 Å². The molecule has 0 aromatic carbocycles. The molecule has 5 atom stereocenters. The van der Waals surface area contributed by atoms with Gasteiger partial charge >= 0.3 is 5.97 Å². The van der Waals surface area contributed by atoms with Crippen molar-refractivity contribution in [1.82, 2.24) is 10.2 Å². The molecule has 0 saturated carbocycles. The lowest BCUT2D eigenvalue weighted by Crippen LogP contribution is -2.61. The summed E-state index contributed by atoms with van der Waals surface area (Å²) in [6.45, 7) is 1.54. The van der Waals surface area contributed by atoms with Gasteiger partial charge in [0.05, 0.1) is 24.8 Å². The molecule has 1 heterocycles. The number of hydrogen-bond acceptors (Lipinski definition) is 6. The van der Waals surface area contributed by atoms with Gasteiger partial charge in [0, 0.05) is 31.1 Å². The zero-order chi connectivity index (χ0) is 16.4. The number of carbonyl (C=O) groups is 2. The van der Waals surface area contributed by atoms with Crippen molar-refractivity contribution in [2.24, 2.45) is 5.73 Å². The van der Waals surface area contributed by atoms with Crippen molar-refractivity contribution in [3.63, 3.8) is 0 Å². The number of nitrogens with two attached hydrogens (primary N) is 1. The van der Waals surface area contributed by atoms with Gasteiger partial charge in [-0.15, -0.1) is 0 Å². The molecule has 124 valence electrons. The lowest BCUT2D eigenvalue weighted by molar-refractivity contribution is -0.133. The fourth-order valence-electron chi connectivity index (χ4n) is 3.36. The van der Waals surface area contributed by atoms with Crippen LogP contribution in [0.4, 0.5) is 0 Å². The quantitative estimate of drug-likeness (QED) is 0.406. The van der Waals surface area contributed by atoms with E-state index in [1.54, 1.807) is 6.08 Å². The average molecular weight is 313 g/mol. The highest BCUT2D eigenvalue weighted by Gasteiger charge is 2.42. The third-order valence-corrected chi connectivity index (χ3v) is 4.33. The van der Waals surface area contributed by atoms with Crippen molar-refractivity contribution in [2.45, 2.75) is 50.0 Å². The number of aliphatic carboxylic acids is 1. The summed E-state index contributed by atoms with van der Waals surface area (Å²) in [6.07, 6.45) is 1.56. The molecule has 0 unspecified atom stereocenters. The summed E-state index contributed by atoms with van der Waals surface area (Å²) in [5.74, 6) is -1.29. The van der Waals surface area contributed by atoms with E-state index < -0.39 is 30.2 Å². The Kier molecular flexibility index (Phi) is 5.17. The number of nitrogens with zero attached hydrogens (tertiary/aromatic N) is 1. The Morgan fingerprint density at radius 1 is 1.50 bits per heavy atom. The van der Waals surface area contributed by atoms with E-state index >= 15 is 0 Å². The number of carbonyl (C=O) groups excluding carboxylic acids is 1. The molecule has 8 nitrogen and oxygen atoms in total. The van der Waals surface area contributed by atoms with Crippen molar-refractivity contribution in [1.29, 1.82) is 0 Å². The van der Waals surface area contributed by atoms with Gasteiger partial charge in [0.15, 0.2) is 0 Å². The Morgan fingerprint density at radius 2 is 2.18 bits per heavy atom. The number of likely N-dealkylation sites (tertiary alicyclic amines) is 1. The molecule has 22 heavy (non-hydrogen) atoms. The van der Waals surface area contributed by atoms with Gasteiger partial charge in [0.2, 0.25) is 5.91 Å². The zero-order valence-corrected chi connectivity index (χ0v) is 12.5. The van der Waals surface area contributed by atoms with Crippen LogP contribution in [0.5, 0.6) is 0 Å². The van der Waals surface area contributed by atoms with Crippen molar-refractivity contribution >= 4 is 11.9 Å². The summed E-state index contributed by atoms with van der Waals surface area (Å²) >= 11 is 0. The molecule has 0 aromatic heterocycles. The monoisotopic (exact) mass is 313 g/mol. The van der Waals surface area contributed by atoms with E-state index in [1.807, 2.05) is 4.90 Å². The number of aliphatic hydroxyl groups excluding tert-OH is 2. The van der Waals surface area contributed by atoms with E-state index in [0.717, 1.165) is 0 Å². The number of aliphatic hydroxyl groups is 2. The first-order valence-corrected chi connectivity index (χ1v) is 7.34. The van der Waals surface area contributed by atoms with Crippen LogP contribution in [0.1, 0.15) is 19.8 Å². The van der Waals surface area contributed by atoms with E-state index in [9.17, 15) is 24.9 Å². The van der Waals surface area contributed by atoms with Gasteiger partial charge in [-0.2, -0.15) is 0 Å². The lowest BCUT2D eigenvalue weighted by Gasteiger charge is -2.41. The first kappa shape index (κ1) is 16.9. The highest BCUT2D eigenvalue weighted by atomic mass is 16.4. The van der Waals surface area contributed by atoms with Crippen molar-refractivity contribution in [2.75, 3.05) is 13.2 Å². The number of carboxylic acids is 1. The van der Waals surface area contributed by atoms with Gasteiger partial charge in [0.25, 0.3) is 0 Å². The lowest BCUT2D eigenvalue weighted by atomic mass is 9.85. The second-order valence-corrected chi connectivity index (χ2v) is 6.00. The van der Waals surface area contributed by atoms with Gasteiger partial charge in [-0.05, 0) is 12.8 Å². The number of β-amino-alcohol motifs (C(OH)–C–C–N with tert-alkyl or cyclic N) is 1. The fourth-order valence-corrected chi connectivity index (χ4v) is 3.36. The van der Waals surface area contributed by atoms with Crippen LogP contribution in [-0.4, -0.2) is 75.5 Å². The molecule has 0 aromatic rings. The predicted molar refractivity (Wildman–Crippen MR) is 77.9 cm³/mol. The molecule has 0 bridgehead atoms. The van der Waals surface area contributed by atoms with E-state index in [-0.39, 0.29) is 30.5 Å². The largest absolute Gasteiger partial charge is 0.478 e. The van der Waals surface area contributed by atoms with Gasteiger partial charge in [0.1, 0.15) is 0 Å². The Labute approximate surface area is 128 Å². The van der Waals surface area contributed by atoms with Crippen molar-refractivity contribution in [3.05, 3.63) is 11.6 Å². The Bertz CT molecular complexity index is 481. The number of hydrogen-bond donors (Lipinski definition) is 5. The SMILES string of the molecule is CC(=O)N[C@H]1[C@H](N2C[C@H](O)C[C@H]2CO)C=C(C(=O)O)C[C@@H]1N. The molecule has 0 spiro atoms. The average Bonchev–Trinajstić information content (AvgIpc) is 2.81. The van der Waals surface area contributed by atoms with Crippen LogP contribution in [0.2, 0.25) is 0 Å². The number of nitrogens with one attached hydrogen (secondary N) is 1. The first-order valence-electron chi connectivity index (χ1n) is 7.34. The smallest absolute Gasteiger partial charge is 0.331 e. The summed E-state index contributed by atoms with van der Waals surface area (Å²) in [6, 6.07) is -1.75. The minimum Gasteiger partial charge on any atom is -0.478 e. The maximum absolute atomic E-state index is 11.4. The number of carboxylic acid groups (broad SMARTS) is 1. The second-order valence-electron chi connectivity index (χ2n) is 6.00. The van der Waals surface area contributed by atoms with Gasteiger partial charge < -0.3 is 26.4 Å². The molecule has 1 aliphatic carbocycles. The highest BCUT2D eigenvalue weighted by molar-refractivity contribution is 5.87. The van der Waals surface area contributed by atoms with Crippen LogP contribution in [0.15, 0.2) is 11.6 Å². The van der Waals surface area contributed by atoms with Gasteiger partial charge in [-0.3, -0.25) is 9.69 Å². The molecular weight excluding hydrogens is 290 g/mol. The first-order chi connectivity index (χ1) is 10.3. The molecule has 1 saturated heterocycles. The van der Waals surface area contributed by atoms with Crippen molar-refractivity contribution < 1.29 is 24.9 Å². The summed E-state index contributed by atoms with van der Waals surface area (Å²) < 4.78 is 0. The minimum atomic E-state index is -1.04. The summed E-state index contributed by atoms with van der Waals surface area (Å²) in [7, 11) is 0. The van der Waals surface area contributed by atoms with E-state index in [0.29, 0.717) is 13.0 Å². The predicted octanol–water partition coefficient (Wildman–Crippen LogP) is -1.97. The van der Waals surface area contributed by atoms with Crippen LogP contribution < -0.4 is 11.1 Å². The molecule has 1 fully saturated rings. The molecule has 2 rings (SSSR count). The Morgan fingerprint density at radius 3 is 2.73 bits per heavy atom. The van der Waals surface area contributed by atoms with Gasteiger partial charge in [-0.1, -0.05) is 6.08 Å². The Hall–Kier alpha value is -1.48. The van der Waals surface area contributed by atoms with Crippen LogP contribution in [0, 0.1) is 0 Å². The highest BCUT2D eigenvalue weighted by Crippen LogP contribution is 2.28. The summed E-state index contributed by atoms with van der Waals surface area (Å²) in [5.41, 5.74) is 6.26. The molecule has 0 radical (unpaired) electrons. The van der Waals surface area contributed by atoms with Crippen LogP contribution >= 0.6 is 0 Å². The van der Waals surface area contributed by atoms with Crippen molar-refractivity contribution in [3.8, 4) is 0 Å². The third-order valence-electron chi connectivity index (χ3n) is 4.33. The van der Waals surface area contributed by atoms with E-state index in [1.165, 1.54) is 6.92 Å². The maximum atomic E-state index is 11.4. The molecule has 2 aliphatic rings. The van der Waals surface area contributed by atoms with E-state index in [2.05, 4.69) is 5.32 Å². The van der Waals surface area contributed by atoms with Gasteiger partial charge in [-0.25, -0.2) is 4.79 Å². The van der Waals surface area contributed by atoms with Crippen LogP contribution in [0.25, 0.3) is 0 Å². The third kappa shape index (κ3) is 3.46. The molecule has 1 amide bonds. The second kappa shape index (κ2) is 6.74. The van der Waals surface area contributed by atoms with E-state index in [4.69, 9.17) is 5.73 Å². The molecule has 8 heteroatoms. The topological polar surface area (TPSA) is 136 Å². The normalized spacial score (nSPS) is 36.0.